The highest BCUT2D eigenvalue weighted by atomic mass is 32.2. The van der Waals surface area contributed by atoms with Gasteiger partial charge in [0, 0.05) is 18.0 Å². The lowest BCUT2D eigenvalue weighted by atomic mass is 10.2. The van der Waals surface area contributed by atoms with Gasteiger partial charge in [0.1, 0.15) is 11.4 Å². The summed E-state index contributed by atoms with van der Waals surface area (Å²) in [5.41, 5.74) is -2.50. The van der Waals surface area contributed by atoms with Gasteiger partial charge in [-0.15, -0.1) is 0 Å². The van der Waals surface area contributed by atoms with Crippen LogP contribution in [0.4, 0.5) is 24.7 Å². The van der Waals surface area contributed by atoms with E-state index in [1.807, 2.05) is 0 Å². The van der Waals surface area contributed by atoms with Crippen LogP contribution in [-0.2, 0) is 15.7 Å². The average Bonchev–Trinajstić information content (AvgIpc) is 2.73. The van der Waals surface area contributed by atoms with Crippen molar-refractivity contribution in [3.63, 3.8) is 0 Å². The minimum absolute atomic E-state index is 0.0470. The van der Waals surface area contributed by atoms with Gasteiger partial charge in [0.2, 0.25) is 0 Å². The van der Waals surface area contributed by atoms with E-state index in [0.717, 1.165) is 7.11 Å². The van der Waals surface area contributed by atoms with Crippen molar-refractivity contribution in [1.29, 1.82) is 0 Å². The molecule has 1 fully saturated rings. The number of halogens is 3. The van der Waals surface area contributed by atoms with Gasteiger partial charge in [-0.25, -0.2) is 9.78 Å². The molecule has 0 radical (unpaired) electrons. The molecule has 8 nitrogen and oxygen atoms in total. The van der Waals surface area contributed by atoms with Crippen LogP contribution in [0.2, 0.25) is 0 Å². The van der Waals surface area contributed by atoms with Crippen LogP contribution in [0.25, 0.3) is 0 Å². The van der Waals surface area contributed by atoms with Crippen molar-refractivity contribution in [2.75, 3.05) is 38.3 Å². The molecule has 0 atom stereocenters. The number of esters is 1. The Labute approximate surface area is 173 Å². The maximum Gasteiger partial charge on any atom is 0.423 e. The van der Waals surface area contributed by atoms with Gasteiger partial charge in [-0.2, -0.15) is 13.2 Å². The Balaban J connectivity index is 2.17. The number of ether oxygens (including phenoxy) is 2. The average molecular weight is 443 g/mol. The summed E-state index contributed by atoms with van der Waals surface area (Å²) in [5.74, 6) is -0.768. The maximum absolute atomic E-state index is 13.7. The standard InChI is InChI=1S/C18H16F3N3O5S/c1-28-17(25)11-4-2-3-5-13(11)30-16-15(24(26)27)12(18(19,20)21)10-14(22-16)23-6-8-29-9-7-23/h2-5,10H,6-9H2,1H3. The van der Waals surface area contributed by atoms with Crippen molar-refractivity contribution >= 4 is 29.2 Å². The van der Waals surface area contributed by atoms with Gasteiger partial charge in [-0.05, 0) is 18.2 Å². The quantitative estimate of drug-likeness (QED) is 0.392. The number of hydrogen-bond acceptors (Lipinski definition) is 8. The molecular weight excluding hydrogens is 427 g/mol. The first-order valence-electron chi connectivity index (χ1n) is 8.67. The van der Waals surface area contributed by atoms with E-state index in [1.165, 1.54) is 12.1 Å². The predicted octanol–water partition coefficient (Wildman–Crippen LogP) is 3.78. The van der Waals surface area contributed by atoms with Crippen molar-refractivity contribution in [1.82, 2.24) is 4.98 Å². The molecule has 1 saturated heterocycles. The summed E-state index contributed by atoms with van der Waals surface area (Å²) in [6.45, 7) is 1.19. The first-order chi connectivity index (χ1) is 14.2. The number of carbonyl (C=O) groups is 1. The van der Waals surface area contributed by atoms with E-state index in [4.69, 9.17) is 4.74 Å². The number of nitro groups is 1. The fourth-order valence-electron chi connectivity index (χ4n) is 2.86. The second-order valence-electron chi connectivity index (χ2n) is 6.13. The third kappa shape index (κ3) is 4.65. The second kappa shape index (κ2) is 8.88. The molecule has 1 aromatic heterocycles. The third-order valence-corrected chi connectivity index (χ3v) is 5.32. The number of methoxy groups -OCH3 is 1. The molecule has 30 heavy (non-hydrogen) atoms. The number of hydrogen-bond donors (Lipinski definition) is 0. The first kappa shape index (κ1) is 21.8. The van der Waals surface area contributed by atoms with Gasteiger partial charge in [0.15, 0.2) is 5.03 Å². The van der Waals surface area contributed by atoms with E-state index in [9.17, 15) is 28.1 Å². The summed E-state index contributed by atoms with van der Waals surface area (Å²) >= 11 is 0.610. The van der Waals surface area contributed by atoms with Gasteiger partial charge in [0.25, 0.3) is 0 Å². The molecule has 2 heterocycles. The summed E-state index contributed by atoms with van der Waals surface area (Å²) in [6, 6.07) is 6.65. The molecule has 3 rings (SSSR count). The Hall–Kier alpha value is -2.86. The van der Waals surface area contributed by atoms with E-state index in [1.54, 1.807) is 17.0 Å². The lowest BCUT2D eigenvalue weighted by Gasteiger charge is -2.28. The molecule has 0 saturated carbocycles. The highest BCUT2D eigenvalue weighted by Gasteiger charge is 2.42. The Kier molecular flexibility index (Phi) is 6.46. The number of nitrogens with zero attached hydrogens (tertiary/aromatic N) is 3. The van der Waals surface area contributed by atoms with Crippen LogP contribution < -0.4 is 4.90 Å². The normalized spacial score (nSPS) is 14.5. The third-order valence-electron chi connectivity index (χ3n) is 4.27. The lowest BCUT2D eigenvalue weighted by molar-refractivity contribution is -0.391. The zero-order chi connectivity index (χ0) is 21.9. The summed E-state index contributed by atoms with van der Waals surface area (Å²) in [4.78, 5) is 28.4. The van der Waals surface area contributed by atoms with E-state index < -0.39 is 33.3 Å². The van der Waals surface area contributed by atoms with E-state index in [-0.39, 0.29) is 16.3 Å². The minimum Gasteiger partial charge on any atom is -0.465 e. The highest BCUT2D eigenvalue weighted by Crippen LogP contribution is 2.44. The monoisotopic (exact) mass is 443 g/mol. The first-order valence-corrected chi connectivity index (χ1v) is 9.48. The van der Waals surface area contributed by atoms with Crippen molar-refractivity contribution < 1.29 is 32.4 Å². The number of pyridine rings is 1. The summed E-state index contributed by atoms with van der Waals surface area (Å²) in [6.07, 6.45) is -4.97. The number of alkyl halides is 3. The smallest absolute Gasteiger partial charge is 0.423 e. The van der Waals surface area contributed by atoms with Crippen LogP contribution in [0.5, 0.6) is 0 Å². The SMILES string of the molecule is COC(=O)c1ccccc1Sc1nc(N2CCOCC2)cc(C(F)(F)F)c1[N+](=O)[O-]. The molecule has 1 aliphatic rings. The fourth-order valence-corrected chi connectivity index (χ4v) is 3.90. The molecule has 0 unspecified atom stereocenters. The largest absolute Gasteiger partial charge is 0.465 e. The Morgan fingerprint density at radius 2 is 1.97 bits per heavy atom. The van der Waals surface area contributed by atoms with E-state index in [0.29, 0.717) is 44.1 Å². The molecule has 0 N–H and O–H groups in total. The molecule has 0 bridgehead atoms. The van der Waals surface area contributed by atoms with Gasteiger partial charge in [0.05, 0.1) is 30.8 Å². The van der Waals surface area contributed by atoms with Crippen LogP contribution >= 0.6 is 11.8 Å². The number of aromatic nitrogens is 1. The molecule has 12 heteroatoms. The van der Waals surface area contributed by atoms with E-state index in [2.05, 4.69) is 9.72 Å². The van der Waals surface area contributed by atoms with Gasteiger partial charge < -0.3 is 14.4 Å². The Morgan fingerprint density at radius 3 is 2.57 bits per heavy atom. The Bertz CT molecular complexity index is 965. The van der Waals surface area contributed by atoms with E-state index >= 15 is 0 Å². The Morgan fingerprint density at radius 1 is 1.30 bits per heavy atom. The highest BCUT2D eigenvalue weighted by molar-refractivity contribution is 7.99. The van der Waals surface area contributed by atoms with Gasteiger partial charge >= 0.3 is 17.8 Å². The zero-order valence-electron chi connectivity index (χ0n) is 15.6. The number of morpholine rings is 1. The van der Waals surface area contributed by atoms with Crippen molar-refractivity contribution in [2.24, 2.45) is 0 Å². The van der Waals surface area contributed by atoms with Crippen LogP contribution in [0.1, 0.15) is 15.9 Å². The van der Waals surface area contributed by atoms with Gasteiger partial charge in [-0.3, -0.25) is 10.1 Å². The van der Waals surface area contributed by atoms with Crippen LogP contribution in [0.3, 0.4) is 0 Å². The van der Waals surface area contributed by atoms with Crippen LogP contribution in [0.15, 0.2) is 40.3 Å². The molecular formula is C18H16F3N3O5S. The number of rotatable bonds is 5. The topological polar surface area (TPSA) is 94.8 Å². The van der Waals surface area contributed by atoms with Crippen LogP contribution in [-0.4, -0.2) is 49.3 Å². The van der Waals surface area contributed by atoms with Crippen molar-refractivity contribution in [3.05, 3.63) is 51.6 Å². The fraction of sp³-hybridized carbons (Fsp3) is 0.333. The summed E-state index contributed by atoms with van der Waals surface area (Å²) in [5, 5.41) is 11.1. The number of carbonyl (C=O) groups excluding carboxylic acids is 1. The molecule has 1 aliphatic heterocycles. The van der Waals surface area contributed by atoms with Crippen LogP contribution in [0, 0.1) is 10.1 Å². The molecule has 2 aromatic rings. The summed E-state index contributed by atoms with van der Waals surface area (Å²) in [7, 11) is 1.16. The molecule has 1 aromatic carbocycles. The summed E-state index contributed by atoms with van der Waals surface area (Å²) < 4.78 is 50.9. The van der Waals surface area contributed by atoms with Crippen molar-refractivity contribution in [3.8, 4) is 0 Å². The maximum atomic E-state index is 13.7. The number of benzene rings is 1. The molecule has 0 amide bonds. The predicted molar refractivity (Wildman–Crippen MR) is 101 cm³/mol. The lowest BCUT2D eigenvalue weighted by Crippen LogP contribution is -2.37. The zero-order valence-corrected chi connectivity index (χ0v) is 16.5. The van der Waals surface area contributed by atoms with Crippen molar-refractivity contribution in [2.45, 2.75) is 16.1 Å². The molecule has 160 valence electrons. The molecule has 0 spiro atoms. The second-order valence-corrected chi connectivity index (χ2v) is 7.16. The van der Waals surface area contributed by atoms with Gasteiger partial charge in [-0.1, -0.05) is 23.9 Å². The number of anilines is 1. The molecule has 0 aliphatic carbocycles. The minimum atomic E-state index is -4.97.